The second kappa shape index (κ2) is 16.6. The van der Waals surface area contributed by atoms with Gasteiger partial charge in [-0.05, 0) is 54.6 Å². The molecule has 3 aromatic carbocycles. The molecule has 9 nitrogen and oxygen atoms in total. The fourth-order valence-corrected chi connectivity index (χ4v) is 4.84. The van der Waals surface area contributed by atoms with E-state index in [1.54, 1.807) is 0 Å². The predicted molar refractivity (Wildman–Crippen MR) is 139 cm³/mol. The van der Waals surface area contributed by atoms with Crippen LogP contribution < -0.4 is 0 Å². The quantitative estimate of drug-likeness (QED) is 0.147. The van der Waals surface area contributed by atoms with Gasteiger partial charge in [0.2, 0.25) is 0 Å². The van der Waals surface area contributed by atoms with Crippen molar-refractivity contribution in [1.29, 1.82) is 0 Å². The van der Waals surface area contributed by atoms with E-state index in [1.165, 1.54) is 0 Å². The zero-order valence-corrected chi connectivity index (χ0v) is 28.6. The summed E-state index contributed by atoms with van der Waals surface area (Å²) in [5.41, 5.74) is -11.1. The molecule has 0 heterocycles. The monoisotopic (exact) mass is 906 g/mol. The summed E-state index contributed by atoms with van der Waals surface area (Å²) in [6.07, 6.45) is -31.2. The van der Waals surface area contributed by atoms with E-state index in [0.717, 1.165) is 0 Å². The summed E-state index contributed by atoms with van der Waals surface area (Å²) in [4.78, 5) is -4.74. The number of rotatable bonds is 3. The molecule has 0 aliphatic heterocycles. The molecule has 0 atom stereocenters. The second-order valence-corrected chi connectivity index (χ2v) is 13.7. The number of halogens is 18. The third-order valence-corrected chi connectivity index (χ3v) is 7.99. The zero-order valence-electron chi connectivity index (χ0n) is 25.0. The van der Waals surface area contributed by atoms with Crippen molar-refractivity contribution in [3.05, 3.63) is 88.0 Å². The Bertz CT molecular complexity index is 1830. The number of hydrogen-bond donors (Lipinski definition) is 0. The molecule has 0 amide bonds. The Labute approximate surface area is 304 Å². The van der Waals surface area contributed by atoms with Crippen LogP contribution in [0.25, 0.3) is 0 Å². The van der Waals surface area contributed by atoms with Crippen LogP contribution in [0.1, 0.15) is 33.4 Å². The van der Waals surface area contributed by atoms with Crippen molar-refractivity contribution in [1.82, 2.24) is 0 Å². The molecule has 0 aliphatic rings. The maximum Gasteiger partial charge on any atom is 3.00 e. The molecular formula is C24H9AlF18O9S3. The van der Waals surface area contributed by atoms with Gasteiger partial charge in [0.05, 0.1) is 48.1 Å². The topological polar surface area (TPSA) is 172 Å². The third kappa shape index (κ3) is 16.0. The molecule has 0 saturated heterocycles. The number of hydrogen-bond acceptors (Lipinski definition) is 9. The van der Waals surface area contributed by atoms with Crippen molar-refractivity contribution >= 4 is 47.7 Å². The van der Waals surface area contributed by atoms with Gasteiger partial charge in [-0.15, -0.1) is 0 Å². The van der Waals surface area contributed by atoms with Crippen LogP contribution in [0.5, 0.6) is 0 Å². The standard InChI is InChI=1S/3C8H4F6O3S.Al/c3*9-7(10,11)4-1-5(8(12,13)14)3-6(2-4)18(15,16)17;/h3*1-3H,(H,15,16,17);/q;;;+3/p-3. The molecule has 0 aromatic heterocycles. The maximum atomic E-state index is 12.3. The Morgan fingerprint density at radius 3 is 0.473 bits per heavy atom. The van der Waals surface area contributed by atoms with Gasteiger partial charge in [-0.2, -0.15) is 79.0 Å². The molecule has 0 saturated carbocycles. The van der Waals surface area contributed by atoms with Gasteiger partial charge in [-0.3, -0.25) is 0 Å². The predicted octanol–water partition coefficient (Wildman–Crippen LogP) is 7.50. The minimum atomic E-state index is -5.42. The van der Waals surface area contributed by atoms with Gasteiger partial charge in [0.25, 0.3) is 0 Å². The van der Waals surface area contributed by atoms with Crippen LogP contribution >= 0.6 is 0 Å². The van der Waals surface area contributed by atoms with Crippen molar-refractivity contribution in [2.75, 3.05) is 0 Å². The average Bonchev–Trinajstić information content (AvgIpc) is 2.93. The van der Waals surface area contributed by atoms with Gasteiger partial charge >= 0.3 is 54.4 Å². The van der Waals surface area contributed by atoms with Crippen LogP contribution in [0.3, 0.4) is 0 Å². The molecule has 55 heavy (non-hydrogen) atoms. The summed E-state index contributed by atoms with van der Waals surface area (Å²) in [6.45, 7) is 0. The molecular weight excluding hydrogens is 897 g/mol. The minimum Gasteiger partial charge on any atom is -0.744 e. The molecule has 0 fully saturated rings. The summed E-state index contributed by atoms with van der Waals surface area (Å²) < 4.78 is 315. The summed E-state index contributed by atoms with van der Waals surface area (Å²) >= 11 is 0. The molecule has 3 rings (SSSR count). The van der Waals surface area contributed by atoms with Crippen LogP contribution in [-0.2, 0) is 67.4 Å². The Morgan fingerprint density at radius 2 is 0.400 bits per heavy atom. The summed E-state index contributed by atoms with van der Waals surface area (Å²) in [6, 6.07) is -1.66. The van der Waals surface area contributed by atoms with Crippen molar-refractivity contribution in [3.8, 4) is 0 Å². The summed E-state index contributed by atoms with van der Waals surface area (Å²) in [5, 5.41) is 0. The molecule has 0 N–H and O–H groups in total. The van der Waals surface area contributed by atoms with Gasteiger partial charge in [0.1, 0.15) is 30.4 Å². The molecule has 0 bridgehead atoms. The van der Waals surface area contributed by atoms with Crippen LogP contribution in [0.15, 0.2) is 69.3 Å². The zero-order chi connectivity index (χ0) is 43.1. The molecule has 0 radical (unpaired) electrons. The van der Waals surface area contributed by atoms with Crippen LogP contribution in [0.2, 0.25) is 0 Å². The van der Waals surface area contributed by atoms with Gasteiger partial charge in [-0.25, -0.2) is 25.3 Å². The first kappa shape index (κ1) is 51.7. The molecule has 0 aliphatic carbocycles. The molecule has 306 valence electrons. The number of benzene rings is 3. The van der Waals surface area contributed by atoms with Crippen molar-refractivity contribution in [2.45, 2.75) is 51.7 Å². The van der Waals surface area contributed by atoms with E-state index < -0.39 is 115 Å². The molecule has 0 unspecified atom stereocenters. The molecule has 31 heteroatoms. The van der Waals surface area contributed by atoms with E-state index in [9.17, 15) is 118 Å². The van der Waals surface area contributed by atoms with Gasteiger partial charge in [0.15, 0.2) is 0 Å². The smallest absolute Gasteiger partial charge is 0.744 e. The first-order chi connectivity index (χ1) is 23.4. The van der Waals surface area contributed by atoms with Crippen molar-refractivity contribution in [2.24, 2.45) is 0 Å². The molecule has 3 aromatic rings. The minimum absolute atomic E-state index is 0. The van der Waals surface area contributed by atoms with E-state index in [4.69, 9.17) is 0 Å². The van der Waals surface area contributed by atoms with Crippen LogP contribution in [0.4, 0.5) is 79.0 Å². The van der Waals surface area contributed by atoms with E-state index in [2.05, 4.69) is 0 Å². The average molecular weight is 906 g/mol. The Hall–Kier alpha value is -3.34. The van der Waals surface area contributed by atoms with Gasteiger partial charge < -0.3 is 13.7 Å². The first-order valence-electron chi connectivity index (χ1n) is 12.2. The van der Waals surface area contributed by atoms with E-state index >= 15 is 0 Å². The normalized spacial score (nSPS) is 13.5. The number of alkyl halides is 18. The fraction of sp³-hybridized carbons (Fsp3) is 0.250. The summed E-state index contributed by atoms with van der Waals surface area (Å²) in [7, 11) is -16.3. The largest absolute Gasteiger partial charge is 3.00 e. The van der Waals surface area contributed by atoms with E-state index in [1.807, 2.05) is 0 Å². The van der Waals surface area contributed by atoms with E-state index in [-0.39, 0.29) is 72.0 Å². The third-order valence-electron chi connectivity index (χ3n) is 5.55. The first-order valence-corrected chi connectivity index (χ1v) is 16.4. The second-order valence-electron chi connectivity index (χ2n) is 9.59. The SMILES string of the molecule is O=S(=O)([O-])c1cc(C(F)(F)F)cc(C(F)(F)F)c1.O=S(=O)([O-])c1cc(C(F)(F)F)cc(C(F)(F)F)c1.O=S(=O)([O-])c1cc(C(F)(F)F)cc(C(F)(F)F)c1.[Al+3]. The van der Waals surface area contributed by atoms with Crippen molar-refractivity contribution in [3.63, 3.8) is 0 Å². The van der Waals surface area contributed by atoms with Crippen molar-refractivity contribution < 1.29 is 118 Å². The maximum absolute atomic E-state index is 12.3. The summed E-state index contributed by atoms with van der Waals surface area (Å²) in [5.74, 6) is 0. The van der Waals surface area contributed by atoms with Gasteiger partial charge in [-0.1, -0.05) is 0 Å². The molecule has 0 spiro atoms. The fourth-order valence-electron chi connectivity index (χ4n) is 3.21. The Balaban J connectivity index is 0.000000788. The van der Waals surface area contributed by atoms with Crippen LogP contribution in [-0.4, -0.2) is 56.3 Å². The van der Waals surface area contributed by atoms with E-state index in [0.29, 0.717) is 0 Å². The van der Waals surface area contributed by atoms with Gasteiger partial charge in [0, 0.05) is 0 Å². The Kier molecular flexibility index (Phi) is 15.6. The Morgan fingerprint density at radius 1 is 0.291 bits per heavy atom. The van der Waals surface area contributed by atoms with Crippen LogP contribution in [0, 0.1) is 0 Å².